The number of ether oxygens (including phenoxy) is 2. The molecule has 166 valence electrons. The molecule has 0 aliphatic carbocycles. The molecule has 0 fully saturated rings. The largest absolute Gasteiger partial charge is 0.490 e. The zero-order valence-electron chi connectivity index (χ0n) is 18.1. The zero-order chi connectivity index (χ0) is 22.8. The van der Waals surface area contributed by atoms with Gasteiger partial charge in [-0.3, -0.25) is 9.59 Å². The summed E-state index contributed by atoms with van der Waals surface area (Å²) in [5.74, 6) is -0.851. The Morgan fingerprint density at radius 2 is 1.74 bits per heavy atom. The summed E-state index contributed by atoms with van der Waals surface area (Å²) >= 11 is 0. The highest BCUT2D eigenvalue weighted by atomic mass is 19.1. The lowest BCUT2D eigenvalue weighted by atomic mass is 10.0. The minimum absolute atomic E-state index is 0.123. The van der Waals surface area contributed by atoms with Gasteiger partial charge in [0, 0.05) is 0 Å². The van der Waals surface area contributed by atoms with Crippen LogP contribution in [0.15, 0.2) is 47.6 Å². The second-order valence-corrected chi connectivity index (χ2v) is 6.98. The van der Waals surface area contributed by atoms with Gasteiger partial charge in [-0.05, 0) is 55.7 Å². The summed E-state index contributed by atoms with van der Waals surface area (Å²) in [6.07, 6.45) is 1.46. The summed E-state index contributed by atoms with van der Waals surface area (Å²) in [6, 6.07) is 10.0. The van der Waals surface area contributed by atoms with E-state index in [1.807, 2.05) is 13.8 Å². The van der Waals surface area contributed by atoms with Crippen molar-refractivity contribution >= 4 is 18.0 Å². The van der Waals surface area contributed by atoms with Crippen molar-refractivity contribution in [2.24, 2.45) is 11.0 Å². The van der Waals surface area contributed by atoms with Crippen LogP contribution in [0.5, 0.6) is 11.5 Å². The molecule has 0 aliphatic rings. The van der Waals surface area contributed by atoms with Crippen molar-refractivity contribution in [3.05, 3.63) is 59.4 Å². The summed E-state index contributed by atoms with van der Waals surface area (Å²) < 4.78 is 24.9. The number of hydrazone groups is 1. The Balaban J connectivity index is 2.06. The standard InChI is InChI=1S/C23H28FN3O4/c1-5-30-19-12-11-16(13-20(19)31-6-2)14-25-27-23(29)21(15(3)4)26-22(28)17-9-7-8-10-18(17)24/h7-15,21H,5-6H2,1-4H3,(H,26,28)(H,27,29). The van der Waals surface area contributed by atoms with Crippen molar-refractivity contribution < 1.29 is 23.5 Å². The van der Waals surface area contributed by atoms with E-state index in [-0.39, 0.29) is 11.5 Å². The fourth-order valence-electron chi connectivity index (χ4n) is 2.79. The van der Waals surface area contributed by atoms with Gasteiger partial charge in [0.05, 0.1) is 25.0 Å². The van der Waals surface area contributed by atoms with Crippen LogP contribution < -0.4 is 20.2 Å². The number of carbonyl (C=O) groups is 2. The zero-order valence-corrected chi connectivity index (χ0v) is 18.1. The lowest BCUT2D eigenvalue weighted by Gasteiger charge is -2.20. The first-order valence-corrected chi connectivity index (χ1v) is 10.1. The molecule has 2 amide bonds. The average Bonchev–Trinajstić information content (AvgIpc) is 2.74. The first kappa shape index (κ1) is 23.9. The first-order chi connectivity index (χ1) is 14.9. The molecule has 2 aromatic carbocycles. The molecule has 0 bridgehead atoms. The minimum atomic E-state index is -0.886. The van der Waals surface area contributed by atoms with Gasteiger partial charge in [0.25, 0.3) is 11.8 Å². The van der Waals surface area contributed by atoms with Crippen LogP contribution in [-0.2, 0) is 4.79 Å². The maximum Gasteiger partial charge on any atom is 0.262 e. The number of benzene rings is 2. The number of carbonyl (C=O) groups excluding carboxylic acids is 2. The number of nitrogens with zero attached hydrogens (tertiary/aromatic N) is 1. The third kappa shape index (κ3) is 6.80. The van der Waals surface area contributed by atoms with Crippen molar-refractivity contribution in [1.82, 2.24) is 10.7 Å². The molecule has 31 heavy (non-hydrogen) atoms. The highest BCUT2D eigenvalue weighted by Crippen LogP contribution is 2.28. The lowest BCUT2D eigenvalue weighted by Crippen LogP contribution is -2.48. The normalized spacial score (nSPS) is 11.9. The molecule has 0 saturated carbocycles. The van der Waals surface area contributed by atoms with Crippen LogP contribution in [-0.4, -0.2) is 37.3 Å². The summed E-state index contributed by atoms with van der Waals surface area (Å²) in [7, 11) is 0. The second kappa shape index (κ2) is 11.7. The van der Waals surface area contributed by atoms with Crippen molar-refractivity contribution in [3.8, 4) is 11.5 Å². The number of nitrogens with one attached hydrogen (secondary N) is 2. The number of rotatable bonds is 10. The van der Waals surface area contributed by atoms with E-state index in [4.69, 9.17) is 9.47 Å². The maximum atomic E-state index is 13.8. The highest BCUT2D eigenvalue weighted by molar-refractivity contribution is 5.98. The fourth-order valence-corrected chi connectivity index (χ4v) is 2.79. The van der Waals surface area contributed by atoms with Gasteiger partial charge in [0.15, 0.2) is 11.5 Å². The van der Waals surface area contributed by atoms with Gasteiger partial charge in [0.2, 0.25) is 0 Å². The Morgan fingerprint density at radius 1 is 1.06 bits per heavy atom. The smallest absolute Gasteiger partial charge is 0.262 e. The lowest BCUT2D eigenvalue weighted by molar-refractivity contribution is -0.123. The van der Waals surface area contributed by atoms with Crippen molar-refractivity contribution in [2.45, 2.75) is 33.7 Å². The molecule has 0 spiro atoms. The molecule has 2 aromatic rings. The second-order valence-electron chi connectivity index (χ2n) is 6.98. The van der Waals surface area contributed by atoms with E-state index >= 15 is 0 Å². The maximum absolute atomic E-state index is 13.8. The monoisotopic (exact) mass is 429 g/mol. The van der Waals surface area contributed by atoms with Gasteiger partial charge in [0.1, 0.15) is 11.9 Å². The summed E-state index contributed by atoms with van der Waals surface area (Å²) in [5.41, 5.74) is 3.00. The third-order valence-electron chi connectivity index (χ3n) is 4.31. The molecule has 0 saturated heterocycles. The molecular formula is C23H28FN3O4. The Labute approximate surface area is 181 Å². The predicted octanol–water partition coefficient (Wildman–Crippen LogP) is 3.53. The van der Waals surface area contributed by atoms with Crippen LogP contribution in [0, 0.1) is 11.7 Å². The number of hydrogen-bond donors (Lipinski definition) is 2. The Morgan fingerprint density at radius 3 is 2.39 bits per heavy atom. The van der Waals surface area contributed by atoms with Crippen LogP contribution in [0.1, 0.15) is 43.6 Å². The van der Waals surface area contributed by atoms with E-state index in [9.17, 15) is 14.0 Å². The van der Waals surface area contributed by atoms with Crippen molar-refractivity contribution in [1.29, 1.82) is 0 Å². The van der Waals surface area contributed by atoms with Crippen molar-refractivity contribution in [3.63, 3.8) is 0 Å². The molecule has 2 rings (SSSR count). The molecule has 0 radical (unpaired) electrons. The van der Waals surface area contributed by atoms with E-state index < -0.39 is 23.7 Å². The van der Waals surface area contributed by atoms with Gasteiger partial charge in [-0.15, -0.1) is 0 Å². The minimum Gasteiger partial charge on any atom is -0.490 e. The molecule has 1 unspecified atom stereocenters. The third-order valence-corrected chi connectivity index (χ3v) is 4.31. The number of amides is 2. The quantitative estimate of drug-likeness (QED) is 0.447. The van der Waals surface area contributed by atoms with E-state index in [1.54, 1.807) is 38.1 Å². The molecular weight excluding hydrogens is 401 g/mol. The first-order valence-electron chi connectivity index (χ1n) is 10.1. The van der Waals surface area contributed by atoms with Crippen LogP contribution >= 0.6 is 0 Å². The van der Waals surface area contributed by atoms with Crippen LogP contribution in [0.2, 0.25) is 0 Å². The summed E-state index contributed by atoms with van der Waals surface area (Å²) in [5, 5.41) is 6.54. The molecule has 0 aliphatic heterocycles. The molecule has 0 heterocycles. The molecule has 0 aromatic heterocycles. The average molecular weight is 429 g/mol. The van der Waals surface area contributed by atoms with E-state index in [1.165, 1.54) is 24.4 Å². The van der Waals surface area contributed by atoms with Gasteiger partial charge in [-0.25, -0.2) is 9.82 Å². The van der Waals surface area contributed by atoms with E-state index in [0.29, 0.717) is 30.3 Å². The highest BCUT2D eigenvalue weighted by Gasteiger charge is 2.25. The topological polar surface area (TPSA) is 89.0 Å². The van der Waals surface area contributed by atoms with E-state index in [0.717, 1.165) is 0 Å². The van der Waals surface area contributed by atoms with Crippen LogP contribution in [0.4, 0.5) is 4.39 Å². The molecule has 8 heteroatoms. The van der Waals surface area contributed by atoms with E-state index in [2.05, 4.69) is 15.8 Å². The number of halogens is 1. The Bertz CT molecular complexity index is 931. The van der Waals surface area contributed by atoms with Crippen LogP contribution in [0.25, 0.3) is 0 Å². The Hall–Kier alpha value is -3.42. The van der Waals surface area contributed by atoms with Gasteiger partial charge in [-0.2, -0.15) is 5.10 Å². The molecule has 7 nitrogen and oxygen atoms in total. The van der Waals surface area contributed by atoms with Gasteiger partial charge in [-0.1, -0.05) is 26.0 Å². The summed E-state index contributed by atoms with van der Waals surface area (Å²) in [4.78, 5) is 24.9. The SMILES string of the molecule is CCOc1ccc(C=NNC(=O)C(NC(=O)c2ccccc2F)C(C)C)cc1OCC. The van der Waals surface area contributed by atoms with Gasteiger partial charge >= 0.3 is 0 Å². The predicted molar refractivity (Wildman–Crippen MR) is 117 cm³/mol. The van der Waals surface area contributed by atoms with Crippen LogP contribution in [0.3, 0.4) is 0 Å². The summed E-state index contributed by atoms with van der Waals surface area (Å²) in [6.45, 7) is 8.30. The fraction of sp³-hybridized carbons (Fsp3) is 0.348. The molecule has 1 atom stereocenters. The van der Waals surface area contributed by atoms with Gasteiger partial charge < -0.3 is 14.8 Å². The molecule has 2 N–H and O–H groups in total. The van der Waals surface area contributed by atoms with Crippen molar-refractivity contribution in [2.75, 3.05) is 13.2 Å². The Kier molecular flexibility index (Phi) is 8.99. The number of hydrogen-bond acceptors (Lipinski definition) is 5.